The summed E-state index contributed by atoms with van der Waals surface area (Å²) in [6, 6.07) is 0. The van der Waals surface area contributed by atoms with E-state index in [2.05, 4.69) is 48.5 Å². The molecular formula is C18H38. The van der Waals surface area contributed by atoms with E-state index in [1.165, 1.54) is 44.9 Å². The molecule has 0 spiro atoms. The Morgan fingerprint density at radius 3 is 1.67 bits per heavy atom. The molecule has 0 heteroatoms. The fraction of sp³-hybridized carbons (Fsp3) is 1.00. The molecule has 0 saturated heterocycles. The minimum absolute atomic E-state index is 0.569. The Kier molecular flexibility index (Phi) is 8.99. The Morgan fingerprint density at radius 2 is 1.28 bits per heavy atom. The zero-order valence-electron chi connectivity index (χ0n) is 14.2. The van der Waals surface area contributed by atoms with E-state index in [9.17, 15) is 0 Å². The lowest BCUT2D eigenvalue weighted by molar-refractivity contribution is 0.132. The van der Waals surface area contributed by atoms with Crippen LogP contribution in [-0.4, -0.2) is 0 Å². The summed E-state index contributed by atoms with van der Waals surface area (Å²) in [6.07, 6.45) is 9.64. The van der Waals surface area contributed by atoms with Crippen molar-refractivity contribution in [2.45, 2.75) is 93.4 Å². The normalized spacial score (nSPS) is 17.5. The van der Waals surface area contributed by atoms with Crippen LogP contribution in [0.5, 0.6) is 0 Å². The Labute approximate surface area is 117 Å². The second-order valence-electron chi connectivity index (χ2n) is 6.90. The SMILES string of the molecule is CCC(C)CCC(C)CC(CC)C(C)(CC)CC. The smallest absolute Gasteiger partial charge is 0.0303 e. The average molecular weight is 255 g/mol. The van der Waals surface area contributed by atoms with Gasteiger partial charge in [-0.05, 0) is 29.6 Å². The monoisotopic (exact) mass is 254 g/mol. The third-order valence-electron chi connectivity index (χ3n) is 5.63. The Bertz CT molecular complexity index is 190. The van der Waals surface area contributed by atoms with Gasteiger partial charge in [0.1, 0.15) is 0 Å². The van der Waals surface area contributed by atoms with Crippen molar-refractivity contribution in [1.29, 1.82) is 0 Å². The van der Waals surface area contributed by atoms with Gasteiger partial charge in [-0.25, -0.2) is 0 Å². The van der Waals surface area contributed by atoms with Crippen molar-refractivity contribution in [3.05, 3.63) is 0 Å². The zero-order chi connectivity index (χ0) is 14.2. The molecular weight excluding hydrogens is 216 g/mol. The molecule has 0 aliphatic carbocycles. The van der Waals surface area contributed by atoms with E-state index in [0.717, 1.165) is 17.8 Å². The lowest BCUT2D eigenvalue weighted by Crippen LogP contribution is -2.27. The molecule has 0 aromatic heterocycles. The molecule has 18 heavy (non-hydrogen) atoms. The molecule has 0 amide bonds. The van der Waals surface area contributed by atoms with Crippen molar-refractivity contribution >= 4 is 0 Å². The largest absolute Gasteiger partial charge is 0.0651 e. The maximum Gasteiger partial charge on any atom is -0.0303 e. The molecule has 3 unspecified atom stereocenters. The van der Waals surface area contributed by atoms with Gasteiger partial charge in [-0.15, -0.1) is 0 Å². The van der Waals surface area contributed by atoms with Crippen LogP contribution in [0.3, 0.4) is 0 Å². The molecule has 0 bridgehead atoms. The van der Waals surface area contributed by atoms with Crippen LogP contribution in [-0.2, 0) is 0 Å². The highest BCUT2D eigenvalue weighted by molar-refractivity contribution is 4.80. The minimum Gasteiger partial charge on any atom is -0.0651 e. The molecule has 0 nitrogen and oxygen atoms in total. The van der Waals surface area contributed by atoms with Crippen molar-refractivity contribution < 1.29 is 0 Å². The fourth-order valence-electron chi connectivity index (χ4n) is 3.15. The standard InChI is InChI=1S/C18H38/c1-8-15(5)12-13-16(6)14-17(9-2)18(7,10-3)11-4/h15-17H,8-14H2,1-7H3. The molecule has 110 valence electrons. The van der Waals surface area contributed by atoms with E-state index >= 15 is 0 Å². The van der Waals surface area contributed by atoms with Gasteiger partial charge in [0.15, 0.2) is 0 Å². The van der Waals surface area contributed by atoms with E-state index < -0.39 is 0 Å². The molecule has 0 aliphatic heterocycles. The molecule has 0 aromatic carbocycles. The average Bonchev–Trinajstić information content (AvgIpc) is 2.40. The van der Waals surface area contributed by atoms with Gasteiger partial charge in [-0.2, -0.15) is 0 Å². The molecule has 3 atom stereocenters. The Hall–Kier alpha value is 0. The van der Waals surface area contributed by atoms with Crippen molar-refractivity contribution in [3.63, 3.8) is 0 Å². The van der Waals surface area contributed by atoms with Gasteiger partial charge in [-0.3, -0.25) is 0 Å². The first-order valence-corrected chi connectivity index (χ1v) is 8.43. The van der Waals surface area contributed by atoms with Crippen molar-refractivity contribution in [1.82, 2.24) is 0 Å². The fourth-order valence-corrected chi connectivity index (χ4v) is 3.15. The summed E-state index contributed by atoms with van der Waals surface area (Å²) in [4.78, 5) is 0. The van der Waals surface area contributed by atoms with E-state index in [4.69, 9.17) is 0 Å². The summed E-state index contributed by atoms with van der Waals surface area (Å²) < 4.78 is 0. The van der Waals surface area contributed by atoms with Crippen LogP contribution in [0.1, 0.15) is 93.4 Å². The lowest BCUT2D eigenvalue weighted by atomic mass is 9.68. The molecule has 0 N–H and O–H groups in total. The van der Waals surface area contributed by atoms with Gasteiger partial charge in [-0.1, -0.05) is 87.0 Å². The van der Waals surface area contributed by atoms with Crippen molar-refractivity contribution in [2.24, 2.45) is 23.2 Å². The van der Waals surface area contributed by atoms with Gasteiger partial charge in [0, 0.05) is 0 Å². The second-order valence-corrected chi connectivity index (χ2v) is 6.90. The van der Waals surface area contributed by atoms with Crippen LogP contribution in [0.4, 0.5) is 0 Å². The Morgan fingerprint density at radius 1 is 0.778 bits per heavy atom. The quantitative estimate of drug-likeness (QED) is 0.407. The lowest BCUT2D eigenvalue weighted by Gasteiger charge is -2.37. The molecule has 0 saturated carbocycles. The van der Waals surface area contributed by atoms with Crippen LogP contribution in [0.25, 0.3) is 0 Å². The topological polar surface area (TPSA) is 0 Å². The summed E-state index contributed by atoms with van der Waals surface area (Å²) in [5.41, 5.74) is 0.569. The first-order chi connectivity index (χ1) is 8.43. The van der Waals surface area contributed by atoms with Crippen LogP contribution < -0.4 is 0 Å². The third kappa shape index (κ3) is 5.76. The molecule has 0 aromatic rings. The molecule has 0 aliphatic rings. The molecule has 0 fully saturated rings. The minimum atomic E-state index is 0.569. The summed E-state index contributed by atoms with van der Waals surface area (Å²) in [5, 5.41) is 0. The van der Waals surface area contributed by atoms with E-state index in [0.29, 0.717) is 5.41 Å². The number of hydrogen-bond donors (Lipinski definition) is 0. The molecule has 0 heterocycles. The highest BCUT2D eigenvalue weighted by Gasteiger charge is 2.30. The maximum absolute atomic E-state index is 2.50. The zero-order valence-corrected chi connectivity index (χ0v) is 14.2. The highest BCUT2D eigenvalue weighted by atomic mass is 14.4. The summed E-state index contributed by atoms with van der Waals surface area (Å²) in [6.45, 7) is 16.8. The van der Waals surface area contributed by atoms with Gasteiger partial charge < -0.3 is 0 Å². The molecule has 0 rings (SSSR count). The van der Waals surface area contributed by atoms with Crippen LogP contribution in [0, 0.1) is 23.2 Å². The maximum atomic E-state index is 2.50. The van der Waals surface area contributed by atoms with Crippen LogP contribution in [0.15, 0.2) is 0 Å². The van der Waals surface area contributed by atoms with Gasteiger partial charge in [0.05, 0.1) is 0 Å². The first kappa shape index (κ1) is 18.0. The summed E-state index contributed by atoms with van der Waals surface area (Å²) in [5.74, 6) is 2.73. The van der Waals surface area contributed by atoms with Gasteiger partial charge in [0.2, 0.25) is 0 Å². The molecule has 0 radical (unpaired) electrons. The summed E-state index contributed by atoms with van der Waals surface area (Å²) >= 11 is 0. The first-order valence-electron chi connectivity index (χ1n) is 8.43. The number of hydrogen-bond acceptors (Lipinski definition) is 0. The predicted molar refractivity (Wildman–Crippen MR) is 84.9 cm³/mol. The Balaban J connectivity index is 4.27. The third-order valence-corrected chi connectivity index (χ3v) is 5.63. The predicted octanol–water partition coefficient (Wildman–Crippen LogP) is 6.69. The van der Waals surface area contributed by atoms with Crippen LogP contribution >= 0.6 is 0 Å². The second kappa shape index (κ2) is 8.99. The summed E-state index contributed by atoms with van der Waals surface area (Å²) in [7, 11) is 0. The van der Waals surface area contributed by atoms with Gasteiger partial charge >= 0.3 is 0 Å². The van der Waals surface area contributed by atoms with Crippen LogP contribution in [0.2, 0.25) is 0 Å². The van der Waals surface area contributed by atoms with E-state index in [1.54, 1.807) is 0 Å². The highest BCUT2D eigenvalue weighted by Crippen LogP contribution is 2.41. The van der Waals surface area contributed by atoms with Crippen molar-refractivity contribution in [3.8, 4) is 0 Å². The number of rotatable bonds is 10. The van der Waals surface area contributed by atoms with E-state index in [1.807, 2.05) is 0 Å². The van der Waals surface area contributed by atoms with Gasteiger partial charge in [0.25, 0.3) is 0 Å². The van der Waals surface area contributed by atoms with Crippen molar-refractivity contribution in [2.75, 3.05) is 0 Å². The van der Waals surface area contributed by atoms with E-state index in [-0.39, 0.29) is 0 Å².